The summed E-state index contributed by atoms with van der Waals surface area (Å²) >= 11 is 0. The molecule has 8 heteroatoms. The summed E-state index contributed by atoms with van der Waals surface area (Å²) < 4.78 is 0. The molecule has 0 saturated carbocycles. The van der Waals surface area contributed by atoms with Crippen LogP contribution in [-0.2, 0) is 17.8 Å². The normalized spacial score (nSPS) is 14.7. The second-order valence-corrected chi connectivity index (χ2v) is 7.75. The lowest BCUT2D eigenvalue weighted by Crippen LogP contribution is -2.49. The predicted molar refractivity (Wildman–Crippen MR) is 118 cm³/mol. The summed E-state index contributed by atoms with van der Waals surface area (Å²) in [4.78, 5) is 33.0. The number of nitrogens with one attached hydrogen (secondary N) is 3. The maximum atomic E-state index is 12.5. The Bertz CT molecular complexity index is 897. The number of anilines is 2. The van der Waals surface area contributed by atoms with Crippen LogP contribution in [-0.4, -0.2) is 60.6 Å². The lowest BCUT2D eigenvalue weighted by atomic mass is 9.97. The molecule has 3 rings (SSSR count). The van der Waals surface area contributed by atoms with E-state index in [0.29, 0.717) is 12.1 Å². The molecule has 1 unspecified atom stereocenters. The number of hydrogen-bond donors (Lipinski definition) is 3. The molecule has 3 amide bonds. The number of pyridine rings is 1. The Hall–Kier alpha value is -2.97. The highest BCUT2D eigenvalue weighted by Crippen LogP contribution is 2.28. The number of benzene rings is 1. The van der Waals surface area contributed by atoms with Crippen LogP contribution >= 0.6 is 0 Å². The van der Waals surface area contributed by atoms with Crippen LogP contribution in [0.3, 0.4) is 0 Å². The van der Waals surface area contributed by atoms with Gasteiger partial charge in [-0.2, -0.15) is 0 Å². The van der Waals surface area contributed by atoms with Gasteiger partial charge in [0.1, 0.15) is 0 Å². The number of hydrogen-bond acceptors (Lipinski definition) is 5. The van der Waals surface area contributed by atoms with Crippen LogP contribution in [0.2, 0.25) is 0 Å². The van der Waals surface area contributed by atoms with Gasteiger partial charge in [0.25, 0.3) is 0 Å². The van der Waals surface area contributed by atoms with Crippen molar-refractivity contribution in [2.45, 2.75) is 32.5 Å². The number of urea groups is 1. The van der Waals surface area contributed by atoms with Gasteiger partial charge < -0.3 is 16.0 Å². The topological polar surface area (TPSA) is 89.6 Å². The SMILES string of the molecule is CNC(=O)CC(N(C)C)N1CCc2c(cccc2NC(=O)Nc2ccc(C)nc2)C1. The zero-order chi connectivity index (χ0) is 21.7. The summed E-state index contributed by atoms with van der Waals surface area (Å²) in [5.41, 5.74) is 4.67. The van der Waals surface area contributed by atoms with Crippen molar-refractivity contribution < 1.29 is 9.59 Å². The second kappa shape index (κ2) is 9.69. The first-order valence-corrected chi connectivity index (χ1v) is 10.1. The molecule has 1 aromatic heterocycles. The molecular formula is C22H30N6O2. The number of aromatic nitrogens is 1. The fourth-order valence-electron chi connectivity index (χ4n) is 3.74. The van der Waals surface area contributed by atoms with Gasteiger partial charge >= 0.3 is 6.03 Å². The number of carbonyl (C=O) groups excluding carboxylic acids is 2. The minimum atomic E-state index is -0.290. The van der Waals surface area contributed by atoms with Crippen LogP contribution in [0.4, 0.5) is 16.2 Å². The van der Waals surface area contributed by atoms with E-state index >= 15 is 0 Å². The number of fused-ring (bicyclic) bond motifs is 1. The molecule has 2 heterocycles. The van der Waals surface area contributed by atoms with Crippen LogP contribution in [0.15, 0.2) is 36.5 Å². The van der Waals surface area contributed by atoms with Crippen molar-refractivity contribution in [2.24, 2.45) is 0 Å². The molecule has 0 spiro atoms. The van der Waals surface area contributed by atoms with E-state index in [2.05, 4.69) is 36.8 Å². The van der Waals surface area contributed by atoms with Crippen LogP contribution in [0.1, 0.15) is 23.2 Å². The molecule has 0 radical (unpaired) electrons. The van der Waals surface area contributed by atoms with E-state index in [1.165, 1.54) is 5.56 Å². The van der Waals surface area contributed by atoms with Gasteiger partial charge in [-0.25, -0.2) is 4.79 Å². The Kier molecular flexibility index (Phi) is 7.02. The Balaban J connectivity index is 1.70. The van der Waals surface area contributed by atoms with E-state index in [0.717, 1.165) is 36.5 Å². The van der Waals surface area contributed by atoms with E-state index < -0.39 is 0 Å². The third-order valence-electron chi connectivity index (χ3n) is 5.38. The summed E-state index contributed by atoms with van der Waals surface area (Å²) in [6.07, 6.45) is 2.88. The third-order valence-corrected chi connectivity index (χ3v) is 5.38. The molecule has 1 aliphatic heterocycles. The lowest BCUT2D eigenvalue weighted by Gasteiger charge is -2.39. The number of carbonyl (C=O) groups is 2. The average molecular weight is 411 g/mol. The number of nitrogens with zero attached hydrogens (tertiary/aromatic N) is 3. The van der Waals surface area contributed by atoms with Gasteiger partial charge in [0.15, 0.2) is 0 Å². The third kappa shape index (κ3) is 5.34. The molecule has 0 aliphatic carbocycles. The Labute approximate surface area is 177 Å². The van der Waals surface area contributed by atoms with Crippen molar-refractivity contribution in [2.75, 3.05) is 38.3 Å². The van der Waals surface area contributed by atoms with Crippen molar-refractivity contribution in [3.63, 3.8) is 0 Å². The van der Waals surface area contributed by atoms with Gasteiger partial charge in [-0.1, -0.05) is 12.1 Å². The number of rotatable bonds is 6. The van der Waals surface area contributed by atoms with Crippen molar-refractivity contribution in [1.82, 2.24) is 20.1 Å². The zero-order valence-corrected chi connectivity index (χ0v) is 18.0. The Morgan fingerprint density at radius 3 is 2.67 bits per heavy atom. The highest BCUT2D eigenvalue weighted by Gasteiger charge is 2.28. The molecular weight excluding hydrogens is 380 g/mol. The standard InChI is InChI=1S/C22H30N6O2/c1-15-8-9-17(13-24-15)25-22(30)26-19-7-5-6-16-14-28(11-10-18(16)19)21(27(3)4)12-20(29)23-2/h5-9,13,21H,10-12,14H2,1-4H3,(H,23,29)(H2,25,26,30). The highest BCUT2D eigenvalue weighted by molar-refractivity contribution is 6.00. The minimum absolute atomic E-state index is 0.0204. The quantitative estimate of drug-likeness (QED) is 0.681. The summed E-state index contributed by atoms with van der Waals surface area (Å²) in [5, 5.41) is 8.50. The molecule has 0 bridgehead atoms. The van der Waals surface area contributed by atoms with Crippen molar-refractivity contribution >= 4 is 23.3 Å². The van der Waals surface area contributed by atoms with Gasteiger partial charge in [-0.3, -0.25) is 19.6 Å². The van der Waals surface area contributed by atoms with Crippen LogP contribution < -0.4 is 16.0 Å². The predicted octanol–water partition coefficient (Wildman–Crippen LogP) is 2.42. The second-order valence-electron chi connectivity index (χ2n) is 7.75. The maximum Gasteiger partial charge on any atom is 0.323 e. The summed E-state index contributed by atoms with van der Waals surface area (Å²) in [7, 11) is 5.65. The average Bonchev–Trinajstić information content (AvgIpc) is 2.73. The van der Waals surface area contributed by atoms with E-state index in [9.17, 15) is 9.59 Å². The summed E-state index contributed by atoms with van der Waals surface area (Å²) in [5.74, 6) is 0.0252. The van der Waals surface area contributed by atoms with E-state index in [1.54, 1.807) is 13.2 Å². The lowest BCUT2D eigenvalue weighted by molar-refractivity contribution is -0.123. The molecule has 0 fully saturated rings. The van der Waals surface area contributed by atoms with Gasteiger partial charge in [-0.05, 0) is 56.8 Å². The van der Waals surface area contributed by atoms with Crippen LogP contribution in [0, 0.1) is 6.92 Å². The fourth-order valence-corrected chi connectivity index (χ4v) is 3.74. The number of amides is 3. The summed E-state index contributed by atoms with van der Waals surface area (Å²) in [6.45, 7) is 3.45. The van der Waals surface area contributed by atoms with Gasteiger partial charge in [-0.15, -0.1) is 0 Å². The first-order chi connectivity index (χ1) is 14.4. The molecule has 3 N–H and O–H groups in total. The molecule has 1 atom stereocenters. The molecule has 1 aromatic carbocycles. The number of aryl methyl sites for hydroxylation is 1. The van der Waals surface area contributed by atoms with E-state index in [1.807, 2.05) is 45.3 Å². The molecule has 0 saturated heterocycles. The highest BCUT2D eigenvalue weighted by atomic mass is 16.2. The van der Waals surface area contributed by atoms with Gasteiger partial charge in [0.05, 0.1) is 24.5 Å². The molecule has 160 valence electrons. The van der Waals surface area contributed by atoms with Crippen molar-refractivity contribution in [3.8, 4) is 0 Å². The molecule has 8 nitrogen and oxygen atoms in total. The first-order valence-electron chi connectivity index (χ1n) is 10.1. The minimum Gasteiger partial charge on any atom is -0.359 e. The van der Waals surface area contributed by atoms with E-state index in [-0.39, 0.29) is 18.1 Å². The molecule has 2 aromatic rings. The molecule has 1 aliphatic rings. The monoisotopic (exact) mass is 410 g/mol. The molecule has 30 heavy (non-hydrogen) atoms. The van der Waals surface area contributed by atoms with E-state index in [4.69, 9.17) is 0 Å². The van der Waals surface area contributed by atoms with Crippen LogP contribution in [0.5, 0.6) is 0 Å². The zero-order valence-electron chi connectivity index (χ0n) is 18.0. The summed E-state index contributed by atoms with van der Waals surface area (Å²) in [6, 6.07) is 9.36. The first kappa shape index (κ1) is 21.7. The maximum absolute atomic E-state index is 12.5. The van der Waals surface area contributed by atoms with Crippen LogP contribution in [0.25, 0.3) is 0 Å². The Morgan fingerprint density at radius 1 is 1.20 bits per heavy atom. The fraction of sp³-hybridized carbons (Fsp3) is 0.409. The smallest absolute Gasteiger partial charge is 0.323 e. The van der Waals surface area contributed by atoms with Crippen molar-refractivity contribution in [1.29, 1.82) is 0 Å². The largest absolute Gasteiger partial charge is 0.359 e. The van der Waals surface area contributed by atoms with Gasteiger partial charge in [0, 0.05) is 31.5 Å². The van der Waals surface area contributed by atoms with Crippen molar-refractivity contribution in [3.05, 3.63) is 53.3 Å². The van der Waals surface area contributed by atoms with Gasteiger partial charge in [0.2, 0.25) is 5.91 Å². The Morgan fingerprint density at radius 2 is 2.00 bits per heavy atom.